The summed E-state index contributed by atoms with van der Waals surface area (Å²) in [6, 6.07) is 7.71. The number of benzene rings is 1. The van der Waals surface area contributed by atoms with Gasteiger partial charge in [0, 0.05) is 28.8 Å². The fourth-order valence-electron chi connectivity index (χ4n) is 3.55. The molecule has 27 heavy (non-hydrogen) atoms. The molecule has 1 aromatic carbocycles. The second-order valence-electron chi connectivity index (χ2n) is 6.84. The highest BCUT2D eigenvalue weighted by atomic mass is 32.1. The topological polar surface area (TPSA) is 99.1 Å². The van der Waals surface area contributed by atoms with E-state index in [2.05, 4.69) is 6.07 Å². The number of carbonyl (C=O) groups excluding carboxylic acids is 1. The molecule has 3 aromatic rings. The fraction of sp³-hybridized carbons (Fsp3) is 0.300. The maximum Gasteiger partial charge on any atom is 0.269 e. The lowest BCUT2D eigenvalue weighted by atomic mass is 9.96. The Bertz CT molecular complexity index is 1040. The molecule has 7 heteroatoms. The Labute approximate surface area is 160 Å². The monoisotopic (exact) mass is 381 g/mol. The molecular weight excluding hydrogens is 362 g/mol. The van der Waals surface area contributed by atoms with Crippen LogP contribution in [-0.2, 0) is 12.8 Å². The summed E-state index contributed by atoms with van der Waals surface area (Å²) in [6.45, 7) is 0. The number of thiophene rings is 1. The molecule has 0 radical (unpaired) electrons. The second-order valence-corrected chi connectivity index (χ2v) is 7.84. The van der Waals surface area contributed by atoms with Crippen molar-refractivity contribution in [3.8, 4) is 0 Å². The number of carbonyl (C=O) groups is 1. The van der Waals surface area contributed by atoms with Gasteiger partial charge in [0.1, 0.15) is 9.71 Å². The van der Waals surface area contributed by atoms with Crippen LogP contribution in [0.4, 0.5) is 11.4 Å². The average molecular weight is 381 g/mol. The summed E-state index contributed by atoms with van der Waals surface area (Å²) in [4.78, 5) is 29.2. The molecule has 0 aliphatic heterocycles. The van der Waals surface area contributed by atoms with Crippen LogP contribution >= 0.6 is 11.3 Å². The van der Waals surface area contributed by atoms with Crippen LogP contribution < -0.4 is 5.73 Å². The number of fused-ring (bicyclic) bond motifs is 2. The van der Waals surface area contributed by atoms with Gasteiger partial charge in [0.15, 0.2) is 0 Å². The fourth-order valence-corrected chi connectivity index (χ4v) is 4.61. The molecule has 0 bridgehead atoms. The first kappa shape index (κ1) is 17.6. The quantitative estimate of drug-likeness (QED) is 0.403. The Morgan fingerprint density at radius 2 is 1.81 bits per heavy atom. The van der Waals surface area contributed by atoms with E-state index in [1.807, 2.05) is 0 Å². The number of nitrogens with zero attached hydrogens (tertiary/aromatic N) is 2. The molecule has 2 aromatic heterocycles. The van der Waals surface area contributed by atoms with Crippen molar-refractivity contribution in [3.05, 3.63) is 62.1 Å². The van der Waals surface area contributed by atoms with E-state index in [0.29, 0.717) is 16.1 Å². The summed E-state index contributed by atoms with van der Waals surface area (Å²) in [5.74, 6) is -0.224. The molecule has 0 saturated heterocycles. The van der Waals surface area contributed by atoms with Crippen molar-refractivity contribution in [2.45, 2.75) is 38.5 Å². The molecule has 2 N–H and O–H groups in total. The molecule has 0 unspecified atom stereocenters. The van der Waals surface area contributed by atoms with Crippen LogP contribution in [-0.4, -0.2) is 15.7 Å². The van der Waals surface area contributed by atoms with Gasteiger partial charge in [-0.05, 0) is 49.4 Å². The van der Waals surface area contributed by atoms with Gasteiger partial charge >= 0.3 is 0 Å². The Morgan fingerprint density at radius 3 is 2.52 bits per heavy atom. The van der Waals surface area contributed by atoms with Gasteiger partial charge in [-0.25, -0.2) is 4.98 Å². The Morgan fingerprint density at radius 1 is 1.11 bits per heavy atom. The highest BCUT2D eigenvalue weighted by molar-refractivity contribution is 7.21. The summed E-state index contributed by atoms with van der Waals surface area (Å²) in [5.41, 5.74) is 9.46. The molecule has 0 fully saturated rings. The van der Waals surface area contributed by atoms with Crippen molar-refractivity contribution in [1.29, 1.82) is 0 Å². The number of non-ortho nitro benzene ring substituents is 1. The molecule has 0 amide bonds. The summed E-state index contributed by atoms with van der Waals surface area (Å²) in [6.07, 6.45) is 6.73. The van der Waals surface area contributed by atoms with Gasteiger partial charge in [-0.1, -0.05) is 12.8 Å². The van der Waals surface area contributed by atoms with E-state index in [0.717, 1.165) is 41.6 Å². The molecule has 0 saturated carbocycles. The normalized spacial score (nSPS) is 14.4. The van der Waals surface area contributed by atoms with Gasteiger partial charge in [-0.2, -0.15) is 0 Å². The number of anilines is 1. The van der Waals surface area contributed by atoms with Crippen molar-refractivity contribution >= 4 is 38.7 Å². The molecule has 2 heterocycles. The molecular formula is C20H19N3O3S. The molecule has 4 rings (SSSR count). The number of hydrogen-bond acceptors (Lipinski definition) is 6. The third kappa shape index (κ3) is 3.30. The number of nitrogen functional groups attached to an aromatic ring is 1. The highest BCUT2D eigenvalue weighted by Gasteiger charge is 2.21. The average Bonchev–Trinajstić information content (AvgIpc) is 2.97. The van der Waals surface area contributed by atoms with Gasteiger partial charge < -0.3 is 5.73 Å². The van der Waals surface area contributed by atoms with E-state index in [1.165, 1.54) is 54.0 Å². The second kappa shape index (κ2) is 7.08. The number of aryl methyl sites for hydroxylation is 2. The standard InChI is InChI=1S/C20H19N3O3S/c21-17-15-11-13-5-3-1-2-4-6-16(13)22-20(15)27-19(17)18(24)12-7-9-14(10-8-12)23(25)26/h7-11H,1-6,21H2. The van der Waals surface area contributed by atoms with Gasteiger partial charge in [0.05, 0.1) is 10.6 Å². The largest absolute Gasteiger partial charge is 0.397 e. The van der Waals surface area contributed by atoms with Crippen LogP contribution in [0.1, 0.15) is 52.2 Å². The maximum atomic E-state index is 12.9. The number of pyridine rings is 1. The van der Waals surface area contributed by atoms with Crippen molar-refractivity contribution in [3.63, 3.8) is 0 Å². The minimum atomic E-state index is -0.484. The number of nitro benzene ring substituents is 1. The SMILES string of the molecule is Nc1c(C(=O)c2ccc([N+](=O)[O-])cc2)sc2nc3c(cc12)CCCCCC3. The van der Waals surface area contributed by atoms with E-state index < -0.39 is 4.92 Å². The first-order valence-electron chi connectivity index (χ1n) is 9.04. The van der Waals surface area contributed by atoms with Gasteiger partial charge in [-0.15, -0.1) is 11.3 Å². The predicted molar refractivity (Wildman–Crippen MR) is 106 cm³/mol. The third-order valence-corrected chi connectivity index (χ3v) is 6.16. The van der Waals surface area contributed by atoms with Crippen molar-refractivity contribution in [2.24, 2.45) is 0 Å². The third-order valence-electron chi connectivity index (χ3n) is 5.05. The summed E-state index contributed by atoms with van der Waals surface area (Å²) in [7, 11) is 0. The number of nitrogens with two attached hydrogens (primary N) is 1. The Kier molecular flexibility index (Phi) is 4.61. The molecule has 1 aliphatic carbocycles. The lowest BCUT2D eigenvalue weighted by Gasteiger charge is -2.12. The number of ketones is 1. The van der Waals surface area contributed by atoms with Crippen LogP contribution in [0.15, 0.2) is 30.3 Å². The number of hydrogen-bond donors (Lipinski definition) is 1. The smallest absolute Gasteiger partial charge is 0.269 e. The number of aromatic nitrogens is 1. The molecule has 1 aliphatic rings. The highest BCUT2D eigenvalue weighted by Crippen LogP contribution is 2.36. The van der Waals surface area contributed by atoms with Crippen LogP contribution in [0.3, 0.4) is 0 Å². The summed E-state index contributed by atoms with van der Waals surface area (Å²) >= 11 is 1.30. The zero-order valence-electron chi connectivity index (χ0n) is 14.7. The van der Waals surface area contributed by atoms with Gasteiger partial charge in [-0.3, -0.25) is 14.9 Å². The van der Waals surface area contributed by atoms with Crippen molar-refractivity contribution in [1.82, 2.24) is 4.98 Å². The number of rotatable bonds is 3. The molecule has 138 valence electrons. The molecule has 0 atom stereocenters. The number of nitro groups is 1. The molecule has 0 spiro atoms. The lowest BCUT2D eigenvalue weighted by Crippen LogP contribution is -2.03. The van der Waals surface area contributed by atoms with E-state index in [-0.39, 0.29) is 11.5 Å². The first-order chi connectivity index (χ1) is 13.0. The minimum Gasteiger partial charge on any atom is -0.397 e. The van der Waals surface area contributed by atoms with E-state index in [1.54, 1.807) is 0 Å². The zero-order chi connectivity index (χ0) is 19.0. The summed E-state index contributed by atoms with van der Waals surface area (Å²) in [5, 5.41) is 11.6. The van der Waals surface area contributed by atoms with Crippen LogP contribution in [0, 0.1) is 10.1 Å². The van der Waals surface area contributed by atoms with Crippen molar-refractivity contribution < 1.29 is 9.72 Å². The zero-order valence-corrected chi connectivity index (χ0v) is 15.6. The van der Waals surface area contributed by atoms with Crippen LogP contribution in [0.25, 0.3) is 10.2 Å². The summed E-state index contributed by atoms with van der Waals surface area (Å²) < 4.78 is 0. The van der Waals surface area contributed by atoms with Crippen molar-refractivity contribution in [2.75, 3.05) is 5.73 Å². The first-order valence-corrected chi connectivity index (χ1v) is 9.86. The lowest BCUT2D eigenvalue weighted by molar-refractivity contribution is -0.384. The van der Waals surface area contributed by atoms with Gasteiger partial charge in [0.2, 0.25) is 5.78 Å². The van der Waals surface area contributed by atoms with E-state index >= 15 is 0 Å². The van der Waals surface area contributed by atoms with E-state index in [9.17, 15) is 14.9 Å². The van der Waals surface area contributed by atoms with Crippen LogP contribution in [0.5, 0.6) is 0 Å². The van der Waals surface area contributed by atoms with Gasteiger partial charge in [0.25, 0.3) is 5.69 Å². The minimum absolute atomic E-state index is 0.0441. The Balaban J connectivity index is 1.74. The molecule has 6 nitrogen and oxygen atoms in total. The Hall–Kier alpha value is -2.80. The maximum absolute atomic E-state index is 12.9. The predicted octanol–water partition coefficient (Wildman–Crippen LogP) is 4.68. The van der Waals surface area contributed by atoms with Crippen LogP contribution in [0.2, 0.25) is 0 Å². The van der Waals surface area contributed by atoms with E-state index in [4.69, 9.17) is 10.7 Å².